The number of hydrogen-bond acceptors (Lipinski definition) is 4. The molecule has 1 aliphatic carbocycles. The molecule has 1 aliphatic rings. The number of oxime groups is 1. The van der Waals surface area contributed by atoms with E-state index in [1.807, 2.05) is 0 Å². The van der Waals surface area contributed by atoms with Gasteiger partial charge in [-0.2, -0.15) is 0 Å². The van der Waals surface area contributed by atoms with E-state index in [1.54, 1.807) is 0 Å². The lowest BCUT2D eigenvalue weighted by Crippen LogP contribution is -2.28. The fourth-order valence-electron chi connectivity index (χ4n) is 1.20. The van der Waals surface area contributed by atoms with Crippen LogP contribution >= 0.6 is 0 Å². The maximum Gasteiger partial charge on any atom is 0.211 e. The summed E-state index contributed by atoms with van der Waals surface area (Å²) in [5, 5.41) is 11.0. The molecule has 0 heterocycles. The van der Waals surface area contributed by atoms with E-state index in [0.717, 1.165) is 12.8 Å². The molecule has 0 atom stereocenters. The number of rotatable bonds is 7. The van der Waals surface area contributed by atoms with Gasteiger partial charge in [0.1, 0.15) is 5.84 Å². The second-order valence-corrected chi connectivity index (χ2v) is 5.67. The fourth-order valence-corrected chi connectivity index (χ4v) is 2.73. The lowest BCUT2D eigenvalue weighted by atomic mass is 10.3. The lowest BCUT2D eigenvalue weighted by molar-refractivity contribution is 0.316. The second kappa shape index (κ2) is 5.32. The maximum absolute atomic E-state index is 11.4. The van der Waals surface area contributed by atoms with E-state index in [2.05, 4.69) is 9.88 Å². The first-order valence-corrected chi connectivity index (χ1v) is 6.62. The first-order chi connectivity index (χ1) is 7.03. The normalized spacial score (nSPS) is 18.0. The van der Waals surface area contributed by atoms with Crippen molar-refractivity contribution in [2.24, 2.45) is 16.8 Å². The van der Waals surface area contributed by atoms with Gasteiger partial charge in [-0.3, -0.25) is 0 Å². The summed E-state index contributed by atoms with van der Waals surface area (Å²) in [6, 6.07) is 0. The molecule has 15 heavy (non-hydrogen) atoms. The third kappa shape index (κ3) is 5.58. The van der Waals surface area contributed by atoms with Crippen molar-refractivity contribution in [3.8, 4) is 0 Å². The summed E-state index contributed by atoms with van der Waals surface area (Å²) in [5.74, 6) is 0.708. The predicted octanol–water partition coefficient (Wildman–Crippen LogP) is -0.158. The summed E-state index contributed by atoms with van der Waals surface area (Å²) < 4.78 is 25.2. The summed E-state index contributed by atoms with van der Waals surface area (Å²) in [5.41, 5.74) is 5.24. The summed E-state index contributed by atoms with van der Waals surface area (Å²) in [6.45, 7) is 0.339. The topological polar surface area (TPSA) is 105 Å². The van der Waals surface area contributed by atoms with Crippen molar-refractivity contribution in [3.63, 3.8) is 0 Å². The zero-order valence-corrected chi connectivity index (χ0v) is 9.33. The zero-order chi connectivity index (χ0) is 11.3. The van der Waals surface area contributed by atoms with Gasteiger partial charge in [-0.25, -0.2) is 13.1 Å². The average Bonchev–Trinajstić information content (AvgIpc) is 2.95. The highest BCUT2D eigenvalue weighted by Gasteiger charge is 2.27. The second-order valence-electron chi connectivity index (χ2n) is 3.81. The molecule has 4 N–H and O–H groups in total. The van der Waals surface area contributed by atoms with Gasteiger partial charge in [-0.05, 0) is 25.2 Å². The molecule has 0 aromatic carbocycles. The van der Waals surface area contributed by atoms with Crippen LogP contribution in [-0.4, -0.2) is 31.8 Å². The number of nitrogens with two attached hydrogens (primary N) is 1. The smallest absolute Gasteiger partial charge is 0.211 e. The molecule has 1 rings (SSSR count). The van der Waals surface area contributed by atoms with Gasteiger partial charge >= 0.3 is 0 Å². The van der Waals surface area contributed by atoms with Crippen molar-refractivity contribution in [1.82, 2.24) is 4.72 Å². The van der Waals surface area contributed by atoms with E-state index in [9.17, 15) is 8.42 Å². The van der Waals surface area contributed by atoms with Crippen molar-refractivity contribution >= 4 is 15.9 Å². The molecule has 1 saturated carbocycles. The van der Waals surface area contributed by atoms with Crippen LogP contribution in [0.25, 0.3) is 0 Å². The van der Waals surface area contributed by atoms with Crippen LogP contribution in [0.3, 0.4) is 0 Å². The lowest BCUT2D eigenvalue weighted by Gasteiger charge is -2.05. The molecule has 0 saturated heterocycles. The number of hydrogen-bond donors (Lipinski definition) is 3. The fraction of sp³-hybridized carbons (Fsp3) is 0.875. The van der Waals surface area contributed by atoms with Crippen molar-refractivity contribution in [2.45, 2.75) is 25.7 Å². The van der Waals surface area contributed by atoms with Crippen LogP contribution < -0.4 is 10.5 Å². The maximum atomic E-state index is 11.4. The van der Waals surface area contributed by atoms with Gasteiger partial charge in [-0.1, -0.05) is 5.16 Å². The van der Waals surface area contributed by atoms with Crippen molar-refractivity contribution in [1.29, 1.82) is 0 Å². The number of nitrogens with zero attached hydrogens (tertiary/aromatic N) is 1. The highest BCUT2D eigenvalue weighted by molar-refractivity contribution is 7.89. The summed E-state index contributed by atoms with van der Waals surface area (Å²) >= 11 is 0. The summed E-state index contributed by atoms with van der Waals surface area (Å²) in [4.78, 5) is 0. The van der Waals surface area contributed by atoms with Gasteiger partial charge in [-0.15, -0.1) is 0 Å². The summed E-state index contributed by atoms with van der Waals surface area (Å²) in [6.07, 6.45) is 2.97. The molecule has 6 nitrogen and oxygen atoms in total. The number of amidine groups is 1. The SMILES string of the molecule is NC(CCCNS(=O)(=O)CC1CC1)=NO. The largest absolute Gasteiger partial charge is 0.409 e. The molecule has 1 fully saturated rings. The molecule has 0 radical (unpaired) electrons. The average molecular weight is 235 g/mol. The van der Waals surface area contributed by atoms with Crippen LogP contribution in [0.5, 0.6) is 0 Å². The predicted molar refractivity (Wildman–Crippen MR) is 57.2 cm³/mol. The van der Waals surface area contributed by atoms with Crippen LogP contribution in [-0.2, 0) is 10.0 Å². The van der Waals surface area contributed by atoms with Crippen LogP contribution in [0.1, 0.15) is 25.7 Å². The molecular formula is C8H17N3O3S. The Morgan fingerprint density at radius 2 is 2.20 bits per heavy atom. The minimum atomic E-state index is -3.12. The van der Waals surface area contributed by atoms with E-state index in [1.165, 1.54) is 0 Å². The van der Waals surface area contributed by atoms with E-state index in [-0.39, 0.29) is 11.6 Å². The molecule has 0 aromatic heterocycles. The monoisotopic (exact) mass is 235 g/mol. The zero-order valence-electron chi connectivity index (χ0n) is 8.52. The Kier molecular flexibility index (Phi) is 4.34. The Bertz CT molecular complexity index is 322. The summed E-state index contributed by atoms with van der Waals surface area (Å²) in [7, 11) is -3.12. The van der Waals surface area contributed by atoms with E-state index in [0.29, 0.717) is 25.3 Å². The number of sulfonamides is 1. The van der Waals surface area contributed by atoms with E-state index < -0.39 is 10.0 Å². The Labute approximate surface area is 89.6 Å². The molecule has 0 spiro atoms. The highest BCUT2D eigenvalue weighted by atomic mass is 32.2. The minimum Gasteiger partial charge on any atom is -0.409 e. The number of nitrogens with one attached hydrogen (secondary N) is 1. The molecule has 0 aromatic rings. The first-order valence-electron chi connectivity index (χ1n) is 4.97. The van der Waals surface area contributed by atoms with Crippen LogP contribution in [0.4, 0.5) is 0 Å². The Balaban J connectivity index is 2.12. The van der Waals surface area contributed by atoms with Crippen LogP contribution in [0, 0.1) is 5.92 Å². The van der Waals surface area contributed by atoms with Gasteiger partial charge in [0.25, 0.3) is 0 Å². The van der Waals surface area contributed by atoms with Gasteiger partial charge < -0.3 is 10.9 Å². The molecular weight excluding hydrogens is 218 g/mol. The standard InChI is InChI=1S/C8H17N3O3S/c9-8(11-12)2-1-5-10-15(13,14)6-7-3-4-7/h7,10,12H,1-6H2,(H2,9,11). The van der Waals surface area contributed by atoms with Crippen LogP contribution in [0.15, 0.2) is 5.16 Å². The quantitative estimate of drug-likeness (QED) is 0.187. The molecule has 88 valence electrons. The minimum absolute atomic E-state index is 0.122. The van der Waals surface area contributed by atoms with Gasteiger partial charge in [0.2, 0.25) is 10.0 Å². The first kappa shape index (κ1) is 12.3. The van der Waals surface area contributed by atoms with Crippen molar-refractivity contribution in [3.05, 3.63) is 0 Å². The van der Waals surface area contributed by atoms with Gasteiger partial charge in [0.15, 0.2) is 0 Å². The van der Waals surface area contributed by atoms with Crippen molar-refractivity contribution < 1.29 is 13.6 Å². The van der Waals surface area contributed by atoms with Gasteiger partial charge in [0.05, 0.1) is 5.75 Å². The Morgan fingerprint density at radius 3 is 2.73 bits per heavy atom. The van der Waals surface area contributed by atoms with Crippen LogP contribution in [0.2, 0.25) is 0 Å². The molecule has 7 heteroatoms. The molecule has 0 aliphatic heterocycles. The van der Waals surface area contributed by atoms with E-state index in [4.69, 9.17) is 10.9 Å². The third-order valence-electron chi connectivity index (χ3n) is 2.21. The molecule has 0 bridgehead atoms. The van der Waals surface area contributed by atoms with Gasteiger partial charge in [0, 0.05) is 13.0 Å². The third-order valence-corrected chi connectivity index (χ3v) is 3.77. The Hall–Kier alpha value is -0.820. The van der Waals surface area contributed by atoms with Crippen molar-refractivity contribution in [2.75, 3.05) is 12.3 Å². The van der Waals surface area contributed by atoms with E-state index >= 15 is 0 Å². The Morgan fingerprint density at radius 1 is 1.53 bits per heavy atom. The molecule has 0 amide bonds. The highest BCUT2D eigenvalue weighted by Crippen LogP contribution is 2.29. The molecule has 0 unspecified atom stereocenters.